The van der Waals surface area contributed by atoms with Crippen molar-refractivity contribution in [3.63, 3.8) is 0 Å². The van der Waals surface area contributed by atoms with E-state index in [4.69, 9.17) is 16.1 Å². The number of amides is 3. The summed E-state index contributed by atoms with van der Waals surface area (Å²) >= 11 is 6.84. The molecule has 0 spiro atoms. The van der Waals surface area contributed by atoms with Crippen LogP contribution in [-0.4, -0.2) is 112 Å². The Morgan fingerprint density at radius 3 is 2.10 bits per heavy atom. The number of carbonyl (C=O) groups is 3. The first-order valence-electron chi connectivity index (χ1n) is 27.0. The van der Waals surface area contributed by atoms with Crippen LogP contribution in [0.2, 0.25) is 5.02 Å². The molecule has 2 unspecified atom stereocenters. The van der Waals surface area contributed by atoms with E-state index in [1.54, 1.807) is 0 Å². The number of alkyl halides is 8. The lowest BCUT2D eigenvalue weighted by Gasteiger charge is -2.32. The van der Waals surface area contributed by atoms with Crippen LogP contribution >= 0.6 is 26.6 Å². The van der Waals surface area contributed by atoms with E-state index in [1.165, 1.54) is 46.8 Å². The molecule has 4 N–H and O–H groups in total. The summed E-state index contributed by atoms with van der Waals surface area (Å²) in [6, 6.07) is 7.06. The van der Waals surface area contributed by atoms with Crippen LogP contribution in [-0.2, 0) is 86.8 Å². The van der Waals surface area contributed by atoms with Crippen molar-refractivity contribution in [3.8, 4) is 28.7 Å². The van der Waals surface area contributed by atoms with Crippen LogP contribution in [0.15, 0.2) is 54.6 Å². The van der Waals surface area contributed by atoms with E-state index in [9.17, 15) is 58.5 Å². The third-order valence-electron chi connectivity index (χ3n) is 14.8. The zero-order valence-electron chi connectivity index (χ0n) is 49.4. The Balaban J connectivity index is 1.34. The smallest absolute Gasteiger partial charge is 0.424 e. The van der Waals surface area contributed by atoms with Crippen LogP contribution in [0.25, 0.3) is 22.0 Å². The predicted molar refractivity (Wildman–Crippen MR) is 313 cm³/mol. The van der Waals surface area contributed by atoms with Crippen molar-refractivity contribution in [2.24, 2.45) is 5.92 Å². The maximum Gasteiger partial charge on any atom is 0.435 e. The molecule has 6 aromatic rings. The van der Waals surface area contributed by atoms with Gasteiger partial charge in [-0.1, -0.05) is 43.5 Å². The second-order valence-electron chi connectivity index (χ2n) is 23.7. The first-order valence-corrected chi connectivity index (χ1v) is 35.4. The monoisotopic (exact) mass is 1380 g/mol. The van der Waals surface area contributed by atoms with Gasteiger partial charge in [0.25, 0.3) is 5.92 Å². The van der Waals surface area contributed by atoms with Crippen molar-refractivity contribution in [2.45, 2.75) is 114 Å². The van der Waals surface area contributed by atoms with Gasteiger partial charge >= 0.3 is 19.9 Å². The number of nitrogens with zero attached hydrogens (tertiary/aromatic N) is 6. The molecule has 91 heavy (non-hydrogen) atoms. The van der Waals surface area contributed by atoms with Gasteiger partial charge < -0.3 is 24.9 Å². The average Bonchev–Trinajstić information content (AvgIpc) is 1.52. The highest BCUT2D eigenvalue weighted by Crippen LogP contribution is 2.68. The third kappa shape index (κ3) is 15.6. The summed E-state index contributed by atoms with van der Waals surface area (Å²) in [4.78, 5) is 67.6. The van der Waals surface area contributed by atoms with Crippen LogP contribution in [0.3, 0.4) is 0 Å². The number of hydrogen-bond acceptors (Lipinski definition) is 13. The van der Waals surface area contributed by atoms with Gasteiger partial charge in [-0.2, -0.15) is 49.6 Å². The predicted octanol–water partition coefficient (Wildman–Crippen LogP) is 9.97. The number of sulfone groups is 1. The minimum Gasteiger partial charge on any atom is -0.424 e. The summed E-state index contributed by atoms with van der Waals surface area (Å²) < 4.78 is 233. The third-order valence-corrected chi connectivity index (χ3v) is 19.4. The molecule has 0 aliphatic heterocycles. The molecular weight excluding hydrogens is 1330 g/mol. The summed E-state index contributed by atoms with van der Waals surface area (Å²) in [6.07, 6.45) is -12.6. The largest absolute Gasteiger partial charge is 0.435 e. The molecule has 3 aromatic carbocycles. The second-order valence-corrected chi connectivity index (χ2v) is 32.7. The average molecular weight is 1390 g/mol. The zero-order valence-corrected chi connectivity index (χ0v) is 53.6. The van der Waals surface area contributed by atoms with E-state index in [2.05, 4.69) is 37.7 Å². The van der Waals surface area contributed by atoms with Crippen LogP contribution in [0.4, 0.5) is 49.7 Å². The Bertz CT molecular complexity index is 4380. The molecular formula is C56H57ClF10N8O12P2S2. The fraction of sp³-hybridized carbons (Fsp3) is 0.429. The van der Waals surface area contributed by atoms with Gasteiger partial charge in [-0.3, -0.25) is 28.3 Å². The van der Waals surface area contributed by atoms with Gasteiger partial charge in [-0.05, 0) is 98.5 Å². The van der Waals surface area contributed by atoms with E-state index in [-0.39, 0.29) is 48.2 Å². The Kier molecular flexibility index (Phi) is 18.6. The lowest BCUT2D eigenvalue weighted by atomic mass is 9.77. The highest BCUT2D eigenvalue weighted by molar-refractivity contribution is 7.93. The summed E-state index contributed by atoms with van der Waals surface area (Å²) in [5.74, 6) is -9.16. The first kappa shape index (κ1) is 70.0. The van der Waals surface area contributed by atoms with Crippen molar-refractivity contribution in [2.75, 3.05) is 36.4 Å². The van der Waals surface area contributed by atoms with Crippen molar-refractivity contribution < 1.29 is 98.6 Å². The number of pyridine rings is 1. The number of anilines is 1. The topological polar surface area (TPSA) is 279 Å². The molecule has 5 atom stereocenters. The highest BCUT2D eigenvalue weighted by atomic mass is 35.5. The fourth-order valence-corrected chi connectivity index (χ4v) is 13.2. The van der Waals surface area contributed by atoms with Gasteiger partial charge in [0, 0.05) is 65.7 Å². The molecule has 20 nitrogen and oxygen atoms in total. The molecule has 0 radical (unpaired) electrons. The number of sulfonamides is 1. The standard InChI is InChI=1S/C56H57ClF10N8O12P2S2/c1-28-16-30(21-41(76)68-27-88(6,79)80)46(40(17-28)87-89(7,81)82)52(2,3)24-43(78)75(91(9,85)86)51-45-38(57)13-12-35(48(45)74(72-51)26-54(60,61)62)34-11-10-33(14-15-53(4,5)90(8,83)84)69-47(34)39(20-29-18-31(58)22-32(59)19-29)70-42(77)25-73-50-44(49(71-73)56(65,66)67)36-23-37(36)55(50,63)64/h10-13,16-19,22,36-37,39H,20-21,23-27H2,1-9H3,(H,68,76)(H,70,77)(H,79,80)(H,81,82)/t36-,37+,39-/m0/s1. The quantitative estimate of drug-likeness (QED) is 0.0314. The van der Waals surface area contributed by atoms with Gasteiger partial charge in [0.05, 0.1) is 46.6 Å². The number of benzene rings is 3. The molecule has 3 aromatic heterocycles. The van der Waals surface area contributed by atoms with Crippen LogP contribution in [0.1, 0.15) is 103 Å². The number of carbonyl (C=O) groups excluding carboxylic acids is 3. The SMILES string of the molecule is Cc1cc(CC(=O)NCP(C)(=O)O)c(C(C)(C)CC(=O)N(c2nn(CC(F)(F)F)c3c(-c4ccc(C#CC(C)(C)S(C)(=O)=O)nc4[C@H](Cc4cc(F)cc(F)c4)NC(=O)Cn4nc(C(F)(F)F)c5c4C(F)(F)[C@@H]4C[C@H]54)ccc(Cl)c23)S(C)(=O)=O)c(OP(C)(=O)O)c1. The van der Waals surface area contributed by atoms with Crippen LogP contribution in [0, 0.1) is 36.3 Å². The van der Waals surface area contributed by atoms with Gasteiger partial charge in [-0.25, -0.2) is 35.2 Å². The van der Waals surface area contributed by atoms with E-state index in [0.29, 0.717) is 17.9 Å². The number of hydrogen-bond donors (Lipinski definition) is 4. The number of fused-ring (bicyclic) bond motifs is 4. The molecule has 2 aliphatic rings. The first-order chi connectivity index (χ1) is 41.5. The number of aryl methyl sites for hydroxylation is 1. The summed E-state index contributed by atoms with van der Waals surface area (Å²) in [7, 11) is -17.4. The van der Waals surface area contributed by atoms with Crippen LogP contribution in [0.5, 0.6) is 5.75 Å². The molecule has 8 rings (SSSR count). The van der Waals surface area contributed by atoms with Crippen molar-refractivity contribution >= 4 is 80.9 Å². The van der Waals surface area contributed by atoms with E-state index < -0.39 is 205 Å². The highest BCUT2D eigenvalue weighted by Gasteiger charge is 2.68. The molecule has 3 heterocycles. The van der Waals surface area contributed by atoms with E-state index in [1.807, 2.05) is 0 Å². The number of nitrogens with one attached hydrogen (secondary N) is 2. The molecule has 0 bridgehead atoms. The van der Waals surface area contributed by atoms with Gasteiger partial charge in [0.1, 0.15) is 46.6 Å². The zero-order chi connectivity index (χ0) is 68.1. The van der Waals surface area contributed by atoms with Gasteiger partial charge in [0.2, 0.25) is 35.1 Å². The van der Waals surface area contributed by atoms with Crippen molar-refractivity contribution in [3.05, 3.63) is 122 Å². The Morgan fingerprint density at radius 2 is 1.53 bits per heavy atom. The van der Waals surface area contributed by atoms with Crippen molar-refractivity contribution in [1.29, 1.82) is 0 Å². The number of aromatic nitrogens is 5. The molecule has 492 valence electrons. The second kappa shape index (κ2) is 24.2. The maximum atomic E-state index is 15.8. The fourth-order valence-electron chi connectivity index (χ4n) is 10.9. The molecule has 0 saturated heterocycles. The maximum absolute atomic E-state index is 15.8. The van der Waals surface area contributed by atoms with Crippen LogP contribution < -0.4 is 19.5 Å². The van der Waals surface area contributed by atoms with Gasteiger partial charge in [0.15, 0.2) is 21.3 Å². The van der Waals surface area contributed by atoms with E-state index >= 15 is 35.5 Å². The van der Waals surface area contributed by atoms with E-state index in [0.717, 1.165) is 56.0 Å². The Labute approximate surface area is 519 Å². The lowest BCUT2D eigenvalue weighted by molar-refractivity contribution is -0.143. The number of halogens is 11. The lowest BCUT2D eigenvalue weighted by Crippen LogP contribution is -2.40. The molecule has 1 fully saturated rings. The molecule has 3 amide bonds. The number of rotatable bonds is 20. The molecule has 1 saturated carbocycles. The minimum atomic E-state index is -5.28. The summed E-state index contributed by atoms with van der Waals surface area (Å²) in [5, 5.41) is 10.9. The van der Waals surface area contributed by atoms with Crippen molar-refractivity contribution in [1.82, 2.24) is 35.2 Å². The summed E-state index contributed by atoms with van der Waals surface area (Å²) in [6.45, 7) is 4.87. The molecule has 2 aliphatic carbocycles. The Morgan fingerprint density at radius 1 is 0.901 bits per heavy atom. The Hall–Kier alpha value is -6.87. The summed E-state index contributed by atoms with van der Waals surface area (Å²) in [5.41, 5.74) is -8.13. The normalized spacial score (nSPS) is 17.4. The molecule has 35 heteroatoms. The minimum absolute atomic E-state index is 0.00277. The van der Waals surface area contributed by atoms with Gasteiger partial charge in [-0.15, -0.1) is 0 Å².